The molecule has 0 saturated carbocycles. The molecule has 0 fully saturated rings. The van der Waals surface area contributed by atoms with Crippen molar-refractivity contribution >= 4 is 44.2 Å². The Hall–Kier alpha value is -2.57. The first kappa shape index (κ1) is 15.9. The zero-order valence-corrected chi connectivity index (χ0v) is 14.6. The second-order valence-electron chi connectivity index (χ2n) is 6.02. The molecule has 1 amide bonds. The number of hydrogen-bond acceptors (Lipinski definition) is 4. The fourth-order valence-electron chi connectivity index (χ4n) is 3.05. The van der Waals surface area contributed by atoms with E-state index in [-0.39, 0.29) is 12.2 Å². The molecule has 6 heteroatoms. The summed E-state index contributed by atoms with van der Waals surface area (Å²) in [7, 11) is 0. The Balaban J connectivity index is 1.70. The summed E-state index contributed by atoms with van der Waals surface area (Å²) >= 11 is 3.33. The second kappa shape index (κ2) is 5.75. The Labute approximate surface area is 151 Å². The summed E-state index contributed by atoms with van der Waals surface area (Å²) in [6.45, 7) is 0. The van der Waals surface area contributed by atoms with Crippen LogP contribution in [0.25, 0.3) is 10.9 Å². The number of nitrogens with one attached hydrogen (secondary N) is 1. The van der Waals surface area contributed by atoms with E-state index in [4.69, 9.17) is 0 Å². The van der Waals surface area contributed by atoms with Crippen LogP contribution in [-0.4, -0.2) is 21.8 Å². The summed E-state index contributed by atoms with van der Waals surface area (Å²) in [4.78, 5) is 29.3. The predicted octanol–water partition coefficient (Wildman–Crippen LogP) is 3.41. The Morgan fingerprint density at radius 2 is 2.00 bits per heavy atom. The number of benzene rings is 2. The average Bonchev–Trinajstić information content (AvgIpc) is 2.85. The zero-order chi connectivity index (χ0) is 17.6. The third-order valence-electron chi connectivity index (χ3n) is 4.38. The van der Waals surface area contributed by atoms with Crippen LogP contribution in [0.4, 0.5) is 5.69 Å². The summed E-state index contributed by atoms with van der Waals surface area (Å²) in [6, 6.07) is 14.3. The van der Waals surface area contributed by atoms with Crippen molar-refractivity contribution in [2.24, 2.45) is 0 Å². The molecular weight excluding hydrogens is 384 g/mol. The lowest BCUT2D eigenvalue weighted by molar-refractivity contribution is -0.133. The van der Waals surface area contributed by atoms with E-state index in [1.807, 2.05) is 24.3 Å². The first-order chi connectivity index (χ1) is 12.0. The molecule has 3 aromatic rings. The van der Waals surface area contributed by atoms with Crippen LogP contribution in [0.15, 0.2) is 59.2 Å². The van der Waals surface area contributed by atoms with E-state index < -0.39 is 11.5 Å². The molecule has 0 bridgehead atoms. The van der Waals surface area contributed by atoms with Crippen molar-refractivity contribution in [2.45, 2.75) is 12.0 Å². The van der Waals surface area contributed by atoms with Gasteiger partial charge in [-0.3, -0.25) is 14.6 Å². The fraction of sp³-hybridized carbons (Fsp3) is 0.105. The van der Waals surface area contributed by atoms with Gasteiger partial charge in [-0.1, -0.05) is 34.1 Å². The number of Topliss-reactive ketones (excluding diaryl/α,β-unsaturated/α-hetero) is 1. The van der Waals surface area contributed by atoms with Gasteiger partial charge in [0.2, 0.25) is 0 Å². The molecule has 0 aliphatic carbocycles. The van der Waals surface area contributed by atoms with E-state index in [2.05, 4.69) is 26.2 Å². The number of amides is 1. The Bertz CT molecular complexity index is 1030. The van der Waals surface area contributed by atoms with Gasteiger partial charge in [-0.25, -0.2) is 0 Å². The third-order valence-corrected chi connectivity index (χ3v) is 4.87. The maximum atomic E-state index is 12.7. The Morgan fingerprint density at radius 1 is 1.20 bits per heavy atom. The molecule has 2 aromatic carbocycles. The molecule has 1 atom stereocenters. The highest BCUT2D eigenvalue weighted by Gasteiger charge is 2.46. The van der Waals surface area contributed by atoms with Crippen molar-refractivity contribution in [1.82, 2.24) is 4.98 Å². The monoisotopic (exact) mass is 396 g/mol. The molecule has 1 aromatic heterocycles. The van der Waals surface area contributed by atoms with Gasteiger partial charge < -0.3 is 10.4 Å². The van der Waals surface area contributed by atoms with E-state index >= 15 is 0 Å². The van der Waals surface area contributed by atoms with Crippen LogP contribution in [-0.2, 0) is 10.4 Å². The van der Waals surface area contributed by atoms with Gasteiger partial charge in [-0.2, -0.15) is 0 Å². The van der Waals surface area contributed by atoms with Gasteiger partial charge in [0, 0.05) is 32.9 Å². The number of aliphatic hydroxyl groups is 1. The largest absolute Gasteiger partial charge is 0.375 e. The number of rotatable bonds is 3. The summed E-state index contributed by atoms with van der Waals surface area (Å²) in [5.74, 6) is -0.938. The van der Waals surface area contributed by atoms with Crippen molar-refractivity contribution in [2.75, 3.05) is 5.32 Å². The average molecular weight is 397 g/mol. The molecule has 1 aliphatic rings. The van der Waals surface area contributed by atoms with Crippen molar-refractivity contribution in [3.8, 4) is 0 Å². The maximum Gasteiger partial charge on any atom is 0.261 e. The molecule has 0 saturated heterocycles. The van der Waals surface area contributed by atoms with E-state index in [9.17, 15) is 14.7 Å². The minimum atomic E-state index is -1.89. The van der Waals surface area contributed by atoms with Crippen LogP contribution < -0.4 is 5.32 Å². The highest BCUT2D eigenvalue weighted by molar-refractivity contribution is 9.10. The molecule has 4 rings (SSSR count). The highest BCUT2D eigenvalue weighted by atomic mass is 79.9. The molecule has 1 unspecified atom stereocenters. The summed E-state index contributed by atoms with van der Waals surface area (Å²) < 4.78 is 0.723. The van der Waals surface area contributed by atoms with Crippen LogP contribution in [0, 0.1) is 0 Å². The van der Waals surface area contributed by atoms with Crippen LogP contribution in [0.3, 0.4) is 0 Å². The van der Waals surface area contributed by atoms with Gasteiger partial charge in [0.05, 0.1) is 11.9 Å². The number of nitrogens with zero attached hydrogens (tertiary/aromatic N) is 1. The van der Waals surface area contributed by atoms with E-state index in [0.29, 0.717) is 16.8 Å². The van der Waals surface area contributed by atoms with Crippen LogP contribution in [0.2, 0.25) is 0 Å². The van der Waals surface area contributed by atoms with Crippen LogP contribution in [0.1, 0.15) is 22.3 Å². The molecule has 25 heavy (non-hydrogen) atoms. The summed E-state index contributed by atoms with van der Waals surface area (Å²) in [6.07, 6.45) is 1.13. The number of pyridine rings is 1. The second-order valence-corrected chi connectivity index (χ2v) is 6.94. The molecule has 124 valence electrons. The van der Waals surface area contributed by atoms with Crippen molar-refractivity contribution < 1.29 is 14.7 Å². The third kappa shape index (κ3) is 2.63. The Morgan fingerprint density at radius 3 is 2.84 bits per heavy atom. The number of hydrogen-bond donors (Lipinski definition) is 2. The molecule has 1 aliphatic heterocycles. The number of anilines is 1. The molecule has 2 heterocycles. The summed E-state index contributed by atoms with van der Waals surface area (Å²) in [5, 5.41) is 14.4. The minimum absolute atomic E-state index is 0.344. The number of para-hydroxylation sites is 1. The van der Waals surface area contributed by atoms with Crippen molar-refractivity contribution in [3.63, 3.8) is 0 Å². The fourth-order valence-corrected chi connectivity index (χ4v) is 3.41. The van der Waals surface area contributed by atoms with Crippen molar-refractivity contribution in [1.29, 1.82) is 0 Å². The van der Waals surface area contributed by atoms with E-state index in [1.54, 1.807) is 24.3 Å². The van der Waals surface area contributed by atoms with Crippen LogP contribution in [0.5, 0.6) is 0 Å². The number of fused-ring (bicyclic) bond motifs is 2. The lowest BCUT2D eigenvalue weighted by Crippen LogP contribution is -2.36. The minimum Gasteiger partial charge on any atom is -0.375 e. The van der Waals surface area contributed by atoms with Gasteiger partial charge in [-0.15, -0.1) is 0 Å². The smallest absolute Gasteiger partial charge is 0.261 e. The first-order valence-electron chi connectivity index (χ1n) is 7.69. The normalized spacial score (nSPS) is 18.9. The van der Waals surface area contributed by atoms with Gasteiger partial charge in [0.1, 0.15) is 0 Å². The predicted molar refractivity (Wildman–Crippen MR) is 97.4 cm³/mol. The lowest BCUT2D eigenvalue weighted by atomic mass is 9.88. The summed E-state index contributed by atoms with van der Waals surface area (Å²) in [5.41, 5.74) is 0.171. The molecular formula is C19H13BrN2O3. The highest BCUT2D eigenvalue weighted by Crippen LogP contribution is 2.40. The molecule has 5 nitrogen and oxygen atoms in total. The lowest BCUT2D eigenvalue weighted by Gasteiger charge is -2.20. The number of aromatic nitrogens is 1. The maximum absolute atomic E-state index is 12.7. The standard InChI is InChI=1S/C19H13BrN2O3/c20-13-5-6-16-14(8-13)19(25,18(24)22-16)9-17(23)12-7-11-3-1-2-4-15(11)21-10-12/h1-8,10,25H,9H2,(H,22,24). The molecule has 2 N–H and O–H groups in total. The number of ketones is 1. The topological polar surface area (TPSA) is 79.3 Å². The van der Waals surface area contributed by atoms with Gasteiger partial charge >= 0.3 is 0 Å². The molecule has 0 radical (unpaired) electrons. The van der Waals surface area contributed by atoms with Gasteiger partial charge in [0.25, 0.3) is 5.91 Å². The zero-order valence-electron chi connectivity index (χ0n) is 13.0. The van der Waals surface area contributed by atoms with Crippen molar-refractivity contribution in [3.05, 3.63) is 70.3 Å². The van der Waals surface area contributed by atoms with Gasteiger partial charge in [0.15, 0.2) is 11.4 Å². The Kier molecular flexibility index (Phi) is 3.67. The van der Waals surface area contributed by atoms with E-state index in [0.717, 1.165) is 15.4 Å². The van der Waals surface area contributed by atoms with E-state index in [1.165, 1.54) is 6.20 Å². The number of carbonyl (C=O) groups is 2. The molecule has 0 spiro atoms. The number of halogens is 1. The quantitative estimate of drug-likeness (QED) is 0.664. The first-order valence-corrected chi connectivity index (χ1v) is 8.48. The van der Waals surface area contributed by atoms with Crippen LogP contribution >= 0.6 is 15.9 Å². The number of carbonyl (C=O) groups excluding carboxylic acids is 2. The van der Waals surface area contributed by atoms with Gasteiger partial charge in [-0.05, 0) is 30.3 Å². The SMILES string of the molecule is O=C(CC1(O)C(=O)Nc2ccc(Br)cc21)c1cnc2ccccc2c1.